The number of aromatic hydroxyl groups is 1. The molecule has 0 saturated carbocycles. The smallest absolute Gasteiger partial charge is 0.131 e. The van der Waals surface area contributed by atoms with Gasteiger partial charge in [-0.05, 0) is 131 Å². The van der Waals surface area contributed by atoms with Crippen LogP contribution >= 0.6 is 0 Å². The Kier molecular flexibility index (Phi) is 10.2. The van der Waals surface area contributed by atoms with Crippen LogP contribution in [-0.2, 0) is 0 Å². The predicted octanol–water partition coefficient (Wildman–Crippen LogP) is 15.4. The Morgan fingerprint density at radius 3 is 1.08 bits per heavy atom. The van der Waals surface area contributed by atoms with E-state index in [0.29, 0.717) is 41.3 Å². The molecule has 0 amide bonds. The number of benzene rings is 6. The molecule has 264 valence electrons. The first-order valence-corrected chi connectivity index (χ1v) is 19.3. The molecule has 6 rings (SSSR count). The minimum absolute atomic E-state index is 0.303. The highest BCUT2D eigenvalue weighted by Gasteiger charge is 2.28. The van der Waals surface area contributed by atoms with E-state index in [2.05, 4.69) is 168 Å². The van der Waals surface area contributed by atoms with Crippen LogP contribution in [0, 0.1) is 0 Å². The second kappa shape index (κ2) is 14.3. The zero-order valence-corrected chi connectivity index (χ0v) is 33.1. The molecule has 0 radical (unpaired) electrons. The van der Waals surface area contributed by atoms with Crippen molar-refractivity contribution in [1.29, 1.82) is 0 Å². The number of phenols is 1. The summed E-state index contributed by atoms with van der Waals surface area (Å²) >= 11 is 0. The molecule has 1 N–H and O–H groups in total. The maximum Gasteiger partial charge on any atom is 0.131 e. The Morgan fingerprint density at radius 1 is 0.353 bits per heavy atom. The molecule has 6 aromatic rings. The first-order valence-electron chi connectivity index (χ1n) is 19.3. The van der Waals surface area contributed by atoms with Crippen molar-refractivity contribution in [1.82, 2.24) is 0 Å². The fourth-order valence-electron chi connectivity index (χ4n) is 7.99. The maximum absolute atomic E-state index is 12.8. The van der Waals surface area contributed by atoms with Crippen LogP contribution in [0.1, 0.15) is 152 Å². The van der Waals surface area contributed by atoms with Crippen LogP contribution in [0.5, 0.6) is 5.75 Å². The van der Waals surface area contributed by atoms with Gasteiger partial charge in [-0.1, -0.05) is 156 Å². The van der Waals surface area contributed by atoms with Gasteiger partial charge in [0.2, 0.25) is 0 Å². The SMILES string of the molecule is CC(C)c1cc(C(C)C)c(-c2cc3ccccc3cc2-c2c(-c3c(C(C)C)cc(C(C)C)cc3C(C)C)cc3ccccc3c2O)c(C(C)C)c1. The summed E-state index contributed by atoms with van der Waals surface area (Å²) in [6, 6.07) is 34.0. The second-order valence-corrected chi connectivity index (χ2v) is 16.7. The molecule has 0 aliphatic heterocycles. The zero-order chi connectivity index (χ0) is 36.9. The van der Waals surface area contributed by atoms with Crippen molar-refractivity contribution in [2.75, 3.05) is 0 Å². The lowest BCUT2D eigenvalue weighted by molar-refractivity contribution is 0.484. The first kappa shape index (κ1) is 36.4. The van der Waals surface area contributed by atoms with Gasteiger partial charge in [-0.2, -0.15) is 0 Å². The van der Waals surface area contributed by atoms with E-state index in [-0.39, 0.29) is 0 Å². The van der Waals surface area contributed by atoms with Crippen LogP contribution in [0.4, 0.5) is 0 Å². The average Bonchev–Trinajstić information content (AvgIpc) is 3.09. The molecule has 0 unspecified atom stereocenters. The van der Waals surface area contributed by atoms with Gasteiger partial charge in [-0.15, -0.1) is 0 Å². The molecule has 0 aliphatic rings. The normalized spacial score (nSPS) is 12.3. The van der Waals surface area contributed by atoms with Crippen molar-refractivity contribution in [2.45, 2.75) is 119 Å². The van der Waals surface area contributed by atoms with E-state index >= 15 is 0 Å². The third-order valence-electron chi connectivity index (χ3n) is 11.0. The van der Waals surface area contributed by atoms with E-state index in [9.17, 15) is 5.11 Å². The molecule has 0 spiro atoms. The van der Waals surface area contributed by atoms with Gasteiger partial charge in [0.05, 0.1) is 0 Å². The monoisotopic (exact) mass is 674 g/mol. The molecule has 0 aromatic heterocycles. The summed E-state index contributed by atoms with van der Waals surface area (Å²) in [6.07, 6.45) is 0. The van der Waals surface area contributed by atoms with Gasteiger partial charge in [0, 0.05) is 10.9 Å². The van der Waals surface area contributed by atoms with Crippen LogP contribution in [0.25, 0.3) is 54.9 Å². The number of hydrogen-bond acceptors (Lipinski definition) is 1. The Bertz CT molecular complexity index is 2170. The van der Waals surface area contributed by atoms with Gasteiger partial charge in [-0.3, -0.25) is 0 Å². The lowest BCUT2D eigenvalue weighted by Crippen LogP contribution is -2.06. The molecule has 1 nitrogen and oxygen atoms in total. The molecule has 6 aromatic carbocycles. The van der Waals surface area contributed by atoms with Crippen molar-refractivity contribution >= 4 is 21.5 Å². The van der Waals surface area contributed by atoms with Gasteiger partial charge in [-0.25, -0.2) is 0 Å². The Morgan fingerprint density at radius 2 is 0.686 bits per heavy atom. The summed E-state index contributed by atoms with van der Waals surface area (Å²) in [4.78, 5) is 0. The molecule has 0 bridgehead atoms. The fourth-order valence-corrected chi connectivity index (χ4v) is 7.99. The number of fused-ring (bicyclic) bond motifs is 2. The second-order valence-electron chi connectivity index (χ2n) is 16.7. The third-order valence-corrected chi connectivity index (χ3v) is 11.0. The summed E-state index contributed by atoms with van der Waals surface area (Å²) in [5.74, 6) is 2.46. The Balaban J connectivity index is 1.87. The average molecular weight is 675 g/mol. The van der Waals surface area contributed by atoms with Gasteiger partial charge in [0.15, 0.2) is 0 Å². The lowest BCUT2D eigenvalue weighted by atomic mass is 9.76. The standard InChI is InChI=1S/C50H58O/c1-28(2)37-24-40(30(5)6)47(41(25-37)31(7)8)44-21-34-17-13-14-18-35(34)22-45(44)49-46(23-36-19-15-16-20-39(36)50(49)51)48-42(32(9)10)26-38(29(3)4)27-43(48)33(11)12/h13-33,51H,1-12H3. The molecule has 0 atom stereocenters. The van der Waals surface area contributed by atoms with Crippen molar-refractivity contribution in [3.8, 4) is 39.1 Å². The highest BCUT2D eigenvalue weighted by atomic mass is 16.3. The fraction of sp³-hybridized carbons (Fsp3) is 0.360. The third kappa shape index (κ3) is 6.73. The van der Waals surface area contributed by atoms with E-state index < -0.39 is 0 Å². The van der Waals surface area contributed by atoms with Crippen LogP contribution in [-0.4, -0.2) is 5.11 Å². The first-order chi connectivity index (χ1) is 24.2. The van der Waals surface area contributed by atoms with E-state index in [0.717, 1.165) is 27.5 Å². The lowest BCUT2D eigenvalue weighted by Gasteiger charge is -2.28. The predicted molar refractivity (Wildman–Crippen MR) is 224 cm³/mol. The number of phenolic OH excluding ortho intramolecular Hbond substituents is 1. The minimum atomic E-state index is 0.303. The van der Waals surface area contributed by atoms with Crippen molar-refractivity contribution < 1.29 is 5.11 Å². The van der Waals surface area contributed by atoms with Crippen molar-refractivity contribution in [2.24, 2.45) is 0 Å². The molecule has 0 fully saturated rings. The maximum atomic E-state index is 12.8. The molecular weight excluding hydrogens is 617 g/mol. The van der Waals surface area contributed by atoms with Gasteiger partial charge in [0.25, 0.3) is 0 Å². The summed E-state index contributed by atoms with van der Waals surface area (Å²) < 4.78 is 0. The van der Waals surface area contributed by atoms with E-state index in [1.165, 1.54) is 60.8 Å². The minimum Gasteiger partial charge on any atom is -0.507 e. The number of hydrogen-bond donors (Lipinski definition) is 1. The largest absolute Gasteiger partial charge is 0.507 e. The quantitative estimate of drug-likeness (QED) is 0.162. The Hall–Kier alpha value is -4.36. The van der Waals surface area contributed by atoms with Crippen LogP contribution in [0.3, 0.4) is 0 Å². The molecular formula is C50H58O. The number of rotatable bonds is 9. The highest BCUT2D eigenvalue weighted by Crippen LogP contribution is 2.52. The van der Waals surface area contributed by atoms with Gasteiger partial charge >= 0.3 is 0 Å². The summed E-state index contributed by atoms with van der Waals surface area (Å²) in [7, 11) is 0. The van der Waals surface area contributed by atoms with E-state index in [4.69, 9.17) is 0 Å². The summed E-state index contributed by atoms with van der Waals surface area (Å²) in [5.41, 5.74) is 15.1. The van der Waals surface area contributed by atoms with Gasteiger partial charge < -0.3 is 5.11 Å². The molecule has 0 saturated heterocycles. The highest BCUT2D eigenvalue weighted by molar-refractivity contribution is 6.08. The molecule has 0 heterocycles. The van der Waals surface area contributed by atoms with Crippen LogP contribution in [0.15, 0.2) is 91.0 Å². The van der Waals surface area contributed by atoms with Crippen molar-refractivity contribution in [3.05, 3.63) is 124 Å². The molecule has 51 heavy (non-hydrogen) atoms. The Labute approximate surface area is 307 Å². The van der Waals surface area contributed by atoms with E-state index in [1.54, 1.807) is 0 Å². The molecule has 0 aliphatic carbocycles. The van der Waals surface area contributed by atoms with Gasteiger partial charge in [0.1, 0.15) is 5.75 Å². The zero-order valence-electron chi connectivity index (χ0n) is 33.1. The van der Waals surface area contributed by atoms with Crippen LogP contribution in [0.2, 0.25) is 0 Å². The topological polar surface area (TPSA) is 20.2 Å². The van der Waals surface area contributed by atoms with Crippen LogP contribution < -0.4 is 0 Å². The van der Waals surface area contributed by atoms with Crippen molar-refractivity contribution in [3.63, 3.8) is 0 Å². The summed E-state index contributed by atoms with van der Waals surface area (Å²) in [5, 5.41) is 17.1. The summed E-state index contributed by atoms with van der Waals surface area (Å²) in [6.45, 7) is 27.7. The van der Waals surface area contributed by atoms with E-state index in [1.807, 2.05) is 6.07 Å². The molecule has 1 heteroatoms.